The van der Waals surface area contributed by atoms with Crippen molar-refractivity contribution in [3.8, 4) is 0 Å². The first kappa shape index (κ1) is 24.5. The molecular formula is C28H39N3O3. The zero-order valence-electron chi connectivity index (χ0n) is 21.1. The smallest absolute Gasteiger partial charge is 0.253 e. The van der Waals surface area contributed by atoms with Gasteiger partial charge in [-0.3, -0.25) is 14.5 Å². The minimum Gasteiger partial charge on any atom is -0.467 e. The van der Waals surface area contributed by atoms with E-state index in [9.17, 15) is 9.59 Å². The Bertz CT molecular complexity index is 948. The van der Waals surface area contributed by atoms with E-state index in [0.29, 0.717) is 25.6 Å². The first-order valence-corrected chi connectivity index (χ1v) is 12.7. The molecule has 1 unspecified atom stereocenters. The molecule has 6 heteroatoms. The highest BCUT2D eigenvalue weighted by Gasteiger charge is 2.38. The van der Waals surface area contributed by atoms with E-state index in [0.717, 1.165) is 37.3 Å². The van der Waals surface area contributed by atoms with E-state index in [1.807, 2.05) is 36.2 Å². The average molecular weight is 466 g/mol. The highest BCUT2D eigenvalue weighted by molar-refractivity contribution is 5.94. The molecule has 0 radical (unpaired) electrons. The fraction of sp³-hybridized carbons (Fsp3) is 0.571. The van der Waals surface area contributed by atoms with Crippen LogP contribution in [0.25, 0.3) is 0 Å². The lowest BCUT2D eigenvalue weighted by Crippen LogP contribution is -2.58. The number of amides is 2. The van der Waals surface area contributed by atoms with Crippen molar-refractivity contribution >= 4 is 11.8 Å². The minimum atomic E-state index is -0.120. The number of furan rings is 1. The Morgan fingerprint density at radius 3 is 2.24 bits per heavy atom. The van der Waals surface area contributed by atoms with Gasteiger partial charge in [0, 0.05) is 38.8 Å². The van der Waals surface area contributed by atoms with E-state index in [2.05, 4.69) is 37.8 Å². The molecule has 2 heterocycles. The van der Waals surface area contributed by atoms with Crippen molar-refractivity contribution in [3.05, 3.63) is 59.5 Å². The second-order valence-electron chi connectivity index (χ2n) is 10.9. The van der Waals surface area contributed by atoms with E-state index >= 15 is 0 Å². The zero-order chi connectivity index (χ0) is 24.3. The highest BCUT2D eigenvalue weighted by atomic mass is 16.3. The van der Waals surface area contributed by atoms with Crippen LogP contribution in [-0.2, 0) is 16.8 Å². The van der Waals surface area contributed by atoms with Crippen LogP contribution < -0.4 is 0 Å². The van der Waals surface area contributed by atoms with Gasteiger partial charge in [0.15, 0.2) is 0 Å². The monoisotopic (exact) mass is 465 g/mol. The molecule has 184 valence electrons. The van der Waals surface area contributed by atoms with Gasteiger partial charge in [0.05, 0.1) is 18.8 Å². The second-order valence-corrected chi connectivity index (χ2v) is 10.9. The van der Waals surface area contributed by atoms with Gasteiger partial charge in [-0.25, -0.2) is 0 Å². The van der Waals surface area contributed by atoms with Gasteiger partial charge in [0.25, 0.3) is 5.91 Å². The molecule has 6 nitrogen and oxygen atoms in total. The summed E-state index contributed by atoms with van der Waals surface area (Å²) in [5.74, 6) is 1.44. The maximum absolute atomic E-state index is 13.6. The normalized spacial score (nSPS) is 18.8. The molecule has 4 rings (SSSR count). The molecule has 1 aromatic heterocycles. The minimum absolute atomic E-state index is 0.0685. The van der Waals surface area contributed by atoms with Crippen LogP contribution in [0.2, 0.25) is 0 Å². The zero-order valence-corrected chi connectivity index (χ0v) is 21.1. The van der Waals surface area contributed by atoms with Gasteiger partial charge >= 0.3 is 0 Å². The van der Waals surface area contributed by atoms with Crippen LogP contribution in [0.1, 0.15) is 68.1 Å². The number of carbonyl (C=O) groups is 2. The fourth-order valence-electron chi connectivity index (χ4n) is 5.37. The number of hydrogen-bond acceptors (Lipinski definition) is 4. The summed E-state index contributed by atoms with van der Waals surface area (Å²) >= 11 is 0. The van der Waals surface area contributed by atoms with Gasteiger partial charge in [0.1, 0.15) is 5.76 Å². The van der Waals surface area contributed by atoms with Crippen molar-refractivity contribution in [2.24, 2.45) is 5.92 Å². The molecule has 2 fully saturated rings. The van der Waals surface area contributed by atoms with Crippen molar-refractivity contribution in [2.75, 3.05) is 33.2 Å². The second kappa shape index (κ2) is 10.3. The van der Waals surface area contributed by atoms with Crippen molar-refractivity contribution < 1.29 is 14.0 Å². The molecule has 2 aliphatic rings. The Morgan fingerprint density at radius 2 is 1.68 bits per heavy atom. The van der Waals surface area contributed by atoms with Crippen LogP contribution in [0.15, 0.2) is 47.1 Å². The largest absolute Gasteiger partial charge is 0.467 e. The van der Waals surface area contributed by atoms with Gasteiger partial charge in [-0.1, -0.05) is 45.7 Å². The van der Waals surface area contributed by atoms with Gasteiger partial charge in [0.2, 0.25) is 5.91 Å². The van der Waals surface area contributed by atoms with Crippen LogP contribution in [0.5, 0.6) is 0 Å². The van der Waals surface area contributed by atoms with Gasteiger partial charge in [-0.2, -0.15) is 0 Å². The number of rotatable bonds is 6. The first-order chi connectivity index (χ1) is 16.2. The first-order valence-electron chi connectivity index (χ1n) is 12.7. The Balaban J connectivity index is 1.40. The summed E-state index contributed by atoms with van der Waals surface area (Å²) in [5.41, 5.74) is 2.03. The quantitative estimate of drug-likeness (QED) is 0.628. The average Bonchev–Trinajstić information content (AvgIpc) is 3.53. The molecule has 2 aromatic rings. The van der Waals surface area contributed by atoms with E-state index in [1.165, 1.54) is 18.4 Å². The summed E-state index contributed by atoms with van der Waals surface area (Å²) in [7, 11) is 1.87. The number of carbonyl (C=O) groups excluding carboxylic acids is 2. The predicted octanol–water partition coefficient (Wildman–Crippen LogP) is 4.55. The predicted molar refractivity (Wildman–Crippen MR) is 134 cm³/mol. The van der Waals surface area contributed by atoms with Crippen molar-refractivity contribution in [2.45, 2.75) is 64.5 Å². The molecule has 0 bridgehead atoms. The molecule has 1 saturated carbocycles. The molecule has 1 aliphatic heterocycles. The van der Waals surface area contributed by atoms with Gasteiger partial charge in [-0.05, 0) is 54.0 Å². The maximum atomic E-state index is 13.6. The lowest BCUT2D eigenvalue weighted by Gasteiger charge is -2.42. The van der Waals surface area contributed by atoms with Crippen LogP contribution in [0, 0.1) is 5.92 Å². The Morgan fingerprint density at radius 1 is 1.03 bits per heavy atom. The molecule has 1 aliphatic carbocycles. The molecule has 1 atom stereocenters. The Labute approximate surface area is 203 Å². The molecule has 1 saturated heterocycles. The van der Waals surface area contributed by atoms with Crippen LogP contribution in [0.4, 0.5) is 0 Å². The third-order valence-corrected chi connectivity index (χ3v) is 7.44. The summed E-state index contributed by atoms with van der Waals surface area (Å²) in [6, 6.07) is 11.7. The van der Waals surface area contributed by atoms with Crippen molar-refractivity contribution in [1.29, 1.82) is 0 Å². The standard InChI is InChI=1S/C28H39N3O3/c1-28(2,3)23-13-11-22(12-14-23)26(32)31-17-15-30(16-18-31)25(21-8-5-6-9-21)27(33)29(4)20-24-10-7-19-34-24/h7,10-14,19,21,25H,5-6,8-9,15-18,20H2,1-4H3. The number of piperazine rings is 1. The van der Waals surface area contributed by atoms with Crippen LogP contribution in [-0.4, -0.2) is 65.8 Å². The number of hydrogen-bond donors (Lipinski definition) is 0. The van der Waals surface area contributed by atoms with Gasteiger partial charge in [-0.15, -0.1) is 0 Å². The summed E-state index contributed by atoms with van der Waals surface area (Å²) in [5, 5.41) is 0. The SMILES string of the molecule is CN(Cc1ccco1)C(=O)C(C1CCCC1)N1CCN(C(=O)c2ccc(C(C)(C)C)cc2)CC1. The lowest BCUT2D eigenvalue weighted by atomic mass is 9.86. The van der Waals surface area contributed by atoms with Crippen molar-refractivity contribution in [3.63, 3.8) is 0 Å². The maximum Gasteiger partial charge on any atom is 0.253 e. The third-order valence-electron chi connectivity index (χ3n) is 7.44. The van der Waals surface area contributed by atoms with E-state index in [4.69, 9.17) is 4.42 Å². The summed E-state index contributed by atoms with van der Waals surface area (Å²) in [6.07, 6.45) is 6.24. The van der Waals surface area contributed by atoms with E-state index in [-0.39, 0.29) is 23.3 Å². The topological polar surface area (TPSA) is 57.0 Å². The molecule has 0 spiro atoms. The van der Waals surface area contributed by atoms with E-state index in [1.54, 1.807) is 11.2 Å². The Kier molecular flexibility index (Phi) is 7.46. The molecular weight excluding hydrogens is 426 g/mol. The third kappa shape index (κ3) is 5.54. The van der Waals surface area contributed by atoms with Crippen LogP contribution >= 0.6 is 0 Å². The number of nitrogens with zero attached hydrogens (tertiary/aromatic N) is 3. The summed E-state index contributed by atoms with van der Waals surface area (Å²) in [4.78, 5) is 32.8. The highest BCUT2D eigenvalue weighted by Crippen LogP contribution is 2.32. The van der Waals surface area contributed by atoms with Crippen LogP contribution in [0.3, 0.4) is 0 Å². The summed E-state index contributed by atoms with van der Waals surface area (Å²) < 4.78 is 5.46. The van der Waals surface area contributed by atoms with Crippen molar-refractivity contribution in [1.82, 2.24) is 14.7 Å². The lowest BCUT2D eigenvalue weighted by molar-refractivity contribution is -0.139. The molecule has 2 amide bonds. The number of benzene rings is 1. The Hall–Kier alpha value is -2.60. The fourth-order valence-corrected chi connectivity index (χ4v) is 5.37. The molecule has 1 aromatic carbocycles. The molecule has 34 heavy (non-hydrogen) atoms. The summed E-state index contributed by atoms with van der Waals surface area (Å²) in [6.45, 7) is 9.78. The van der Waals surface area contributed by atoms with E-state index < -0.39 is 0 Å². The number of likely N-dealkylation sites (N-methyl/N-ethyl adjacent to an activating group) is 1. The van der Waals surface area contributed by atoms with Gasteiger partial charge < -0.3 is 14.2 Å². The molecule has 0 N–H and O–H groups in total.